The number of rotatable bonds is 4. The molecule has 0 radical (unpaired) electrons. The Bertz CT molecular complexity index is 680. The summed E-state index contributed by atoms with van der Waals surface area (Å²) in [6.07, 6.45) is 6.52. The molecule has 0 fully saturated rings. The fraction of sp³-hybridized carbons (Fsp3) is 0.143. The van der Waals surface area contributed by atoms with Gasteiger partial charge >= 0.3 is 5.97 Å². The van der Waals surface area contributed by atoms with E-state index in [0.29, 0.717) is 10.9 Å². The second kappa shape index (κ2) is 5.27. The van der Waals surface area contributed by atoms with Crippen LogP contribution in [0.2, 0.25) is 0 Å². The highest BCUT2D eigenvalue weighted by molar-refractivity contribution is 6.03. The molecule has 0 atom stereocenters. The normalized spacial score (nSPS) is 10.1. The maximum absolute atomic E-state index is 11.6. The molecule has 1 amide bonds. The number of carbonyl (C=O) groups excluding carboxylic acids is 1. The first-order chi connectivity index (χ1) is 9.13. The van der Waals surface area contributed by atoms with Crippen LogP contribution in [0.1, 0.15) is 10.4 Å². The Hall–Kier alpha value is -2.74. The number of fused-ring (bicyclic) bond motifs is 1. The number of aromatic carboxylic acids is 1. The van der Waals surface area contributed by atoms with Crippen LogP contribution < -0.4 is 5.32 Å². The molecule has 2 aromatic rings. The molecule has 0 bridgehead atoms. The smallest absolute Gasteiger partial charge is 0.337 e. The molecule has 1 aromatic carbocycles. The van der Waals surface area contributed by atoms with Gasteiger partial charge in [0, 0.05) is 17.1 Å². The third-order valence-corrected chi connectivity index (χ3v) is 2.72. The number of hydrogen-bond donors (Lipinski definition) is 2. The SMILES string of the molecule is C#CCNC(=O)Cn1cc(C(=O)O)c2ccccc21. The highest BCUT2D eigenvalue weighted by atomic mass is 16.4. The van der Waals surface area contributed by atoms with Crippen LogP contribution in [0.5, 0.6) is 0 Å². The monoisotopic (exact) mass is 256 g/mol. The summed E-state index contributed by atoms with van der Waals surface area (Å²) in [4.78, 5) is 22.8. The Labute approximate surface area is 109 Å². The fourth-order valence-electron chi connectivity index (χ4n) is 1.91. The van der Waals surface area contributed by atoms with E-state index in [1.165, 1.54) is 6.20 Å². The predicted molar refractivity (Wildman–Crippen MR) is 70.7 cm³/mol. The summed E-state index contributed by atoms with van der Waals surface area (Å²) in [5.41, 5.74) is 0.885. The summed E-state index contributed by atoms with van der Waals surface area (Å²) in [7, 11) is 0. The van der Waals surface area contributed by atoms with E-state index in [0.717, 1.165) is 0 Å². The Morgan fingerprint density at radius 2 is 2.11 bits per heavy atom. The van der Waals surface area contributed by atoms with Gasteiger partial charge in [0.1, 0.15) is 6.54 Å². The molecule has 0 saturated carbocycles. The lowest BCUT2D eigenvalue weighted by Crippen LogP contribution is -2.27. The van der Waals surface area contributed by atoms with Gasteiger partial charge in [-0.2, -0.15) is 0 Å². The molecule has 0 saturated heterocycles. The van der Waals surface area contributed by atoms with Crippen molar-refractivity contribution in [3.05, 3.63) is 36.0 Å². The van der Waals surface area contributed by atoms with Gasteiger partial charge in [0.15, 0.2) is 0 Å². The molecule has 19 heavy (non-hydrogen) atoms. The van der Waals surface area contributed by atoms with Gasteiger partial charge in [-0.1, -0.05) is 24.1 Å². The summed E-state index contributed by atoms with van der Waals surface area (Å²) in [5, 5.41) is 12.3. The van der Waals surface area contributed by atoms with E-state index in [9.17, 15) is 9.59 Å². The lowest BCUT2D eigenvalue weighted by Gasteiger charge is -2.04. The van der Waals surface area contributed by atoms with Crippen LogP contribution in [0, 0.1) is 12.3 Å². The van der Waals surface area contributed by atoms with Crippen LogP contribution in [0.4, 0.5) is 0 Å². The summed E-state index contributed by atoms with van der Waals surface area (Å²) < 4.78 is 1.60. The molecule has 0 aliphatic carbocycles. The molecule has 5 heteroatoms. The van der Waals surface area contributed by atoms with Crippen LogP contribution in [-0.4, -0.2) is 28.1 Å². The topological polar surface area (TPSA) is 71.3 Å². The van der Waals surface area contributed by atoms with Gasteiger partial charge in [-0.25, -0.2) is 4.79 Å². The number of amides is 1. The number of nitrogens with one attached hydrogen (secondary N) is 1. The number of terminal acetylenes is 1. The lowest BCUT2D eigenvalue weighted by atomic mass is 10.2. The fourth-order valence-corrected chi connectivity index (χ4v) is 1.91. The van der Waals surface area contributed by atoms with Crippen molar-refractivity contribution >= 4 is 22.8 Å². The maximum atomic E-state index is 11.6. The molecule has 0 aliphatic heterocycles. The molecular weight excluding hydrogens is 244 g/mol. The minimum absolute atomic E-state index is 0.0372. The highest BCUT2D eigenvalue weighted by Gasteiger charge is 2.14. The number of carboxylic acid groups (broad SMARTS) is 1. The quantitative estimate of drug-likeness (QED) is 0.804. The zero-order chi connectivity index (χ0) is 13.8. The molecule has 0 unspecified atom stereocenters. The molecule has 0 aliphatic rings. The average Bonchev–Trinajstić information content (AvgIpc) is 2.76. The van der Waals surface area contributed by atoms with E-state index in [4.69, 9.17) is 11.5 Å². The third-order valence-electron chi connectivity index (χ3n) is 2.72. The molecule has 96 valence electrons. The highest BCUT2D eigenvalue weighted by Crippen LogP contribution is 2.21. The number of carboxylic acids is 1. The molecule has 1 heterocycles. The Morgan fingerprint density at radius 1 is 1.37 bits per heavy atom. The van der Waals surface area contributed by atoms with Crippen molar-refractivity contribution in [2.75, 3.05) is 6.54 Å². The largest absolute Gasteiger partial charge is 0.478 e. The summed E-state index contributed by atoms with van der Waals surface area (Å²) in [6, 6.07) is 7.05. The maximum Gasteiger partial charge on any atom is 0.337 e. The van der Waals surface area contributed by atoms with Gasteiger partial charge < -0.3 is 15.0 Å². The number of carbonyl (C=O) groups is 2. The molecule has 2 rings (SSSR count). The Morgan fingerprint density at radius 3 is 2.79 bits per heavy atom. The first-order valence-corrected chi connectivity index (χ1v) is 5.65. The van der Waals surface area contributed by atoms with Crippen LogP contribution in [0.3, 0.4) is 0 Å². The molecule has 1 aromatic heterocycles. The van der Waals surface area contributed by atoms with E-state index in [1.807, 2.05) is 0 Å². The van der Waals surface area contributed by atoms with Crippen molar-refractivity contribution < 1.29 is 14.7 Å². The molecular formula is C14H12N2O3. The molecule has 2 N–H and O–H groups in total. The number of nitrogens with zero attached hydrogens (tertiary/aromatic N) is 1. The van der Waals surface area contributed by atoms with Crippen LogP contribution in [0.25, 0.3) is 10.9 Å². The van der Waals surface area contributed by atoms with Crippen molar-refractivity contribution in [1.82, 2.24) is 9.88 Å². The van der Waals surface area contributed by atoms with Gasteiger partial charge in [0.25, 0.3) is 0 Å². The predicted octanol–water partition coefficient (Wildman–Crippen LogP) is 1.09. The molecule has 0 spiro atoms. The van der Waals surface area contributed by atoms with Gasteiger partial charge in [-0.05, 0) is 6.07 Å². The Kier molecular flexibility index (Phi) is 3.53. The van der Waals surface area contributed by atoms with E-state index in [-0.39, 0.29) is 24.6 Å². The van der Waals surface area contributed by atoms with Crippen LogP contribution in [0.15, 0.2) is 30.5 Å². The van der Waals surface area contributed by atoms with Gasteiger partial charge in [0.05, 0.1) is 12.1 Å². The zero-order valence-corrected chi connectivity index (χ0v) is 10.1. The molecule has 5 nitrogen and oxygen atoms in total. The van der Waals surface area contributed by atoms with Crippen LogP contribution in [-0.2, 0) is 11.3 Å². The standard InChI is InChI=1S/C14H12N2O3/c1-2-7-15-13(17)9-16-8-11(14(18)19)10-5-3-4-6-12(10)16/h1,3-6,8H,7,9H2,(H,15,17)(H,18,19). The van der Waals surface area contributed by atoms with Crippen molar-refractivity contribution in [2.45, 2.75) is 6.54 Å². The van der Waals surface area contributed by atoms with Gasteiger partial charge in [-0.3, -0.25) is 4.79 Å². The first-order valence-electron chi connectivity index (χ1n) is 5.65. The summed E-state index contributed by atoms with van der Waals surface area (Å²) >= 11 is 0. The number of para-hydroxylation sites is 1. The van der Waals surface area contributed by atoms with E-state index < -0.39 is 5.97 Å². The van der Waals surface area contributed by atoms with Crippen molar-refractivity contribution in [1.29, 1.82) is 0 Å². The van der Waals surface area contributed by atoms with Gasteiger partial charge in [-0.15, -0.1) is 6.42 Å². The van der Waals surface area contributed by atoms with Gasteiger partial charge in [0.2, 0.25) is 5.91 Å². The number of hydrogen-bond acceptors (Lipinski definition) is 2. The summed E-state index contributed by atoms with van der Waals surface area (Å²) in [5.74, 6) is 1.04. The number of aromatic nitrogens is 1. The number of benzene rings is 1. The van der Waals surface area contributed by atoms with E-state index >= 15 is 0 Å². The third kappa shape index (κ3) is 2.58. The Balaban J connectivity index is 2.36. The lowest BCUT2D eigenvalue weighted by molar-refractivity contribution is -0.121. The summed E-state index contributed by atoms with van der Waals surface area (Å²) in [6.45, 7) is 0.194. The minimum Gasteiger partial charge on any atom is -0.478 e. The second-order valence-corrected chi connectivity index (χ2v) is 3.97. The van der Waals surface area contributed by atoms with E-state index in [2.05, 4.69) is 11.2 Å². The average molecular weight is 256 g/mol. The minimum atomic E-state index is -1.01. The first kappa shape index (κ1) is 12.7. The zero-order valence-electron chi connectivity index (χ0n) is 10.1. The van der Waals surface area contributed by atoms with Crippen LogP contribution >= 0.6 is 0 Å². The van der Waals surface area contributed by atoms with Crippen molar-refractivity contribution in [3.8, 4) is 12.3 Å². The second-order valence-electron chi connectivity index (χ2n) is 3.97. The van der Waals surface area contributed by atoms with Crippen molar-refractivity contribution in [3.63, 3.8) is 0 Å². The van der Waals surface area contributed by atoms with Crippen molar-refractivity contribution in [2.24, 2.45) is 0 Å². The van der Waals surface area contributed by atoms with E-state index in [1.54, 1.807) is 28.8 Å².